The van der Waals surface area contributed by atoms with Crippen LogP contribution in [0.1, 0.15) is 31.1 Å². The molecule has 1 atom stereocenters. The topological polar surface area (TPSA) is 93.1 Å². The van der Waals surface area contributed by atoms with Crippen molar-refractivity contribution in [2.45, 2.75) is 5.66 Å². The van der Waals surface area contributed by atoms with Gasteiger partial charge < -0.3 is 4.74 Å². The molecule has 0 bridgehead atoms. The number of imide groups is 1. The van der Waals surface area contributed by atoms with E-state index >= 15 is 0 Å². The summed E-state index contributed by atoms with van der Waals surface area (Å²) in [5, 5.41) is 0. The number of ketones is 1. The quantitative estimate of drug-likeness (QED) is 0.474. The predicted octanol–water partition coefficient (Wildman–Crippen LogP) is 1.49. The molecule has 0 aromatic heterocycles. The summed E-state index contributed by atoms with van der Waals surface area (Å²) in [5.41, 5.74) is -1.68. The van der Waals surface area contributed by atoms with Crippen molar-refractivity contribution >= 4 is 29.3 Å². The third-order valence-electron chi connectivity index (χ3n) is 4.40. The van der Waals surface area contributed by atoms with E-state index in [1.807, 2.05) is 0 Å². The zero-order chi connectivity index (χ0) is 18.5. The highest BCUT2D eigenvalue weighted by atomic mass is 16.5. The largest absolute Gasteiger partial charge is 0.464 e. The molecule has 0 radical (unpaired) electrons. The maximum atomic E-state index is 13.1. The summed E-state index contributed by atoms with van der Waals surface area (Å²) in [6.07, 6.45) is 0. The number of rotatable bonds is 4. The lowest BCUT2D eigenvalue weighted by molar-refractivity contribution is -0.132. The van der Waals surface area contributed by atoms with Crippen molar-refractivity contribution in [3.05, 3.63) is 71.3 Å². The molecule has 2 aliphatic heterocycles. The van der Waals surface area contributed by atoms with E-state index in [0.29, 0.717) is 0 Å². The fraction of sp³-hybridized carbons (Fsp3) is 0.105. The summed E-state index contributed by atoms with van der Waals surface area (Å²) >= 11 is 0. The van der Waals surface area contributed by atoms with Crippen molar-refractivity contribution in [1.82, 2.24) is 4.90 Å². The number of carbonyl (C=O) groups excluding carboxylic acids is 4. The molecule has 0 saturated heterocycles. The third-order valence-corrected chi connectivity index (χ3v) is 4.40. The van der Waals surface area contributed by atoms with Crippen molar-refractivity contribution in [3.8, 4) is 0 Å². The second-order valence-electron chi connectivity index (χ2n) is 5.81. The van der Waals surface area contributed by atoms with Gasteiger partial charge >= 0.3 is 5.97 Å². The number of esters is 1. The number of carbonyl (C=O) groups is 4. The van der Waals surface area contributed by atoms with E-state index in [-0.39, 0.29) is 22.4 Å². The van der Waals surface area contributed by atoms with Gasteiger partial charge in [-0.25, -0.2) is 14.7 Å². The first-order valence-electron chi connectivity index (χ1n) is 7.78. The fourth-order valence-electron chi connectivity index (χ4n) is 3.11. The van der Waals surface area contributed by atoms with Crippen molar-refractivity contribution in [2.24, 2.45) is 4.99 Å². The van der Waals surface area contributed by atoms with E-state index in [1.54, 1.807) is 30.3 Å². The molecule has 2 aromatic rings. The van der Waals surface area contributed by atoms with Crippen molar-refractivity contribution in [3.63, 3.8) is 0 Å². The molecule has 1 unspecified atom stereocenters. The Kier molecular flexibility index (Phi) is 3.33. The van der Waals surface area contributed by atoms with Crippen LogP contribution < -0.4 is 0 Å². The van der Waals surface area contributed by atoms with Crippen LogP contribution in [0.25, 0.3) is 0 Å². The number of hydrogen-bond acceptors (Lipinski definition) is 6. The summed E-state index contributed by atoms with van der Waals surface area (Å²) in [7, 11) is 1.14. The molecule has 0 N–H and O–H groups in total. The van der Waals surface area contributed by atoms with Gasteiger partial charge in [0.15, 0.2) is 5.71 Å². The van der Waals surface area contributed by atoms with Gasteiger partial charge in [0.05, 0.1) is 18.2 Å². The van der Waals surface area contributed by atoms with Gasteiger partial charge in [-0.05, 0) is 12.1 Å². The molecule has 0 aliphatic carbocycles. The molecule has 0 saturated carbocycles. The molecule has 26 heavy (non-hydrogen) atoms. The Hall–Kier alpha value is -3.61. The Morgan fingerprint density at radius 2 is 1.46 bits per heavy atom. The van der Waals surface area contributed by atoms with Gasteiger partial charge in [-0.15, -0.1) is 0 Å². The molecule has 2 heterocycles. The SMILES string of the molecule is COC(=O)C1=NC1(C(=O)c1ccccc1)N1C(=O)c2ccccc2C1=O. The van der Waals surface area contributed by atoms with E-state index in [4.69, 9.17) is 0 Å². The van der Waals surface area contributed by atoms with E-state index in [9.17, 15) is 19.2 Å². The Morgan fingerprint density at radius 3 is 2.00 bits per heavy atom. The Morgan fingerprint density at radius 1 is 0.923 bits per heavy atom. The van der Waals surface area contributed by atoms with E-state index in [0.717, 1.165) is 12.0 Å². The molecule has 7 heteroatoms. The van der Waals surface area contributed by atoms with Crippen LogP contribution in [0.15, 0.2) is 59.6 Å². The standard InChI is InChI=1S/C19H12N2O5/c1-26-18(25)14-19(20-14,15(22)11-7-3-2-4-8-11)21-16(23)12-9-5-6-10-13(12)17(21)24/h2-10H,1H3. The van der Waals surface area contributed by atoms with Crippen LogP contribution in [0.2, 0.25) is 0 Å². The van der Waals surface area contributed by atoms with Gasteiger partial charge in [0.2, 0.25) is 5.78 Å². The molecule has 128 valence electrons. The first kappa shape index (κ1) is 15.9. The number of ether oxygens (including phenoxy) is 1. The summed E-state index contributed by atoms with van der Waals surface area (Å²) < 4.78 is 4.65. The van der Waals surface area contributed by atoms with Crippen LogP contribution in [0, 0.1) is 0 Å². The van der Waals surface area contributed by atoms with E-state index < -0.39 is 29.2 Å². The Labute approximate surface area is 147 Å². The lowest BCUT2D eigenvalue weighted by atomic mass is 9.98. The smallest absolute Gasteiger partial charge is 0.357 e. The van der Waals surface area contributed by atoms with Gasteiger partial charge in [0.1, 0.15) is 0 Å². The summed E-state index contributed by atoms with van der Waals surface area (Å²) in [6.45, 7) is 0. The van der Waals surface area contributed by atoms with Crippen LogP contribution in [-0.2, 0) is 9.53 Å². The van der Waals surface area contributed by atoms with Crippen molar-refractivity contribution in [1.29, 1.82) is 0 Å². The van der Waals surface area contributed by atoms with Crippen molar-refractivity contribution in [2.75, 3.05) is 7.11 Å². The lowest BCUT2D eigenvalue weighted by Gasteiger charge is -2.23. The average Bonchev–Trinajstić information content (AvgIpc) is 3.37. The van der Waals surface area contributed by atoms with E-state index in [1.165, 1.54) is 24.3 Å². The average molecular weight is 348 g/mol. The summed E-state index contributed by atoms with van der Waals surface area (Å²) in [5.74, 6) is -2.83. The monoisotopic (exact) mass is 348 g/mol. The number of aliphatic imine (C=N–C) groups is 1. The first-order chi connectivity index (χ1) is 12.5. The highest BCUT2D eigenvalue weighted by molar-refractivity contribution is 6.54. The van der Waals surface area contributed by atoms with E-state index in [2.05, 4.69) is 9.73 Å². The maximum Gasteiger partial charge on any atom is 0.357 e. The number of amides is 2. The molecular formula is C19H12N2O5. The summed E-state index contributed by atoms with van der Waals surface area (Å²) in [6, 6.07) is 14.3. The third kappa shape index (κ3) is 1.97. The molecular weight excluding hydrogens is 336 g/mol. The van der Waals surface area contributed by atoms with Crippen LogP contribution in [-0.4, -0.2) is 47.0 Å². The maximum absolute atomic E-state index is 13.1. The van der Waals surface area contributed by atoms with Crippen LogP contribution >= 0.6 is 0 Å². The second kappa shape index (κ2) is 5.45. The minimum Gasteiger partial charge on any atom is -0.464 e. The zero-order valence-corrected chi connectivity index (χ0v) is 13.6. The number of Topliss-reactive ketones (excluding diaryl/α,β-unsaturated/α-hetero) is 1. The normalized spacial score (nSPS) is 20.5. The number of methoxy groups -OCH3 is 1. The molecule has 2 aromatic carbocycles. The number of nitrogens with zero attached hydrogens (tertiary/aromatic N) is 2. The summed E-state index contributed by atoms with van der Waals surface area (Å²) in [4.78, 5) is 55.5. The Bertz CT molecular complexity index is 977. The minimum atomic E-state index is -1.98. The van der Waals surface area contributed by atoms with Gasteiger partial charge in [0, 0.05) is 5.56 Å². The second-order valence-corrected chi connectivity index (χ2v) is 5.81. The zero-order valence-electron chi connectivity index (χ0n) is 13.6. The van der Waals surface area contributed by atoms with Gasteiger partial charge in [0.25, 0.3) is 17.5 Å². The van der Waals surface area contributed by atoms with Crippen LogP contribution in [0.3, 0.4) is 0 Å². The number of benzene rings is 2. The van der Waals surface area contributed by atoms with Crippen molar-refractivity contribution < 1.29 is 23.9 Å². The van der Waals surface area contributed by atoms with Crippen LogP contribution in [0.5, 0.6) is 0 Å². The fourth-order valence-corrected chi connectivity index (χ4v) is 3.11. The number of hydrogen-bond donors (Lipinski definition) is 0. The minimum absolute atomic E-state index is 0.170. The van der Waals surface area contributed by atoms with Gasteiger partial charge in [-0.3, -0.25) is 14.4 Å². The molecule has 4 rings (SSSR count). The predicted molar refractivity (Wildman–Crippen MR) is 89.9 cm³/mol. The molecule has 2 aliphatic rings. The van der Waals surface area contributed by atoms with Gasteiger partial charge in [-0.1, -0.05) is 42.5 Å². The van der Waals surface area contributed by atoms with Crippen LogP contribution in [0.4, 0.5) is 0 Å². The molecule has 0 spiro atoms. The van der Waals surface area contributed by atoms with Gasteiger partial charge in [-0.2, -0.15) is 0 Å². The molecule has 2 amide bonds. The number of fused-ring (bicyclic) bond motifs is 1. The highest BCUT2D eigenvalue weighted by Gasteiger charge is 2.67. The first-order valence-corrected chi connectivity index (χ1v) is 7.78. The highest BCUT2D eigenvalue weighted by Crippen LogP contribution is 2.41. The molecule has 0 fully saturated rings. The lowest BCUT2D eigenvalue weighted by Crippen LogP contribution is -2.53. The Balaban J connectivity index is 1.82. The molecule has 7 nitrogen and oxygen atoms in total.